The van der Waals surface area contributed by atoms with Gasteiger partial charge in [-0.05, 0) is 62.6 Å². The predicted molar refractivity (Wildman–Crippen MR) is 116 cm³/mol. The van der Waals surface area contributed by atoms with Gasteiger partial charge in [0, 0.05) is 29.5 Å². The van der Waals surface area contributed by atoms with Crippen LogP contribution in [0.15, 0.2) is 42.7 Å². The molecule has 0 aliphatic heterocycles. The number of pyridine rings is 1. The first kappa shape index (κ1) is 20.3. The summed E-state index contributed by atoms with van der Waals surface area (Å²) in [4.78, 5) is 28.9. The highest BCUT2D eigenvalue weighted by atomic mass is 35.5. The Kier molecular flexibility index (Phi) is 5.68. The van der Waals surface area contributed by atoms with Crippen LogP contribution in [0.25, 0.3) is 5.69 Å². The number of aromatic nitrogens is 3. The summed E-state index contributed by atoms with van der Waals surface area (Å²) in [5, 5.41) is 7.91. The van der Waals surface area contributed by atoms with Gasteiger partial charge in [-0.2, -0.15) is 5.10 Å². The quantitative estimate of drug-likeness (QED) is 0.640. The number of benzene rings is 1. The zero-order valence-electron chi connectivity index (χ0n) is 17.0. The van der Waals surface area contributed by atoms with Crippen molar-refractivity contribution in [1.29, 1.82) is 0 Å². The number of hydrogen-bond acceptors (Lipinski definition) is 4. The normalized spacial score (nSPS) is 14.7. The van der Waals surface area contributed by atoms with E-state index in [-0.39, 0.29) is 5.91 Å². The second-order valence-electron chi connectivity index (χ2n) is 7.73. The second kappa shape index (κ2) is 8.40. The number of Topliss-reactive ketones (excluding diaryl/α,β-unsaturated/α-hetero) is 1. The molecule has 1 amide bonds. The number of aryl methyl sites for hydroxylation is 1. The van der Waals surface area contributed by atoms with Crippen LogP contribution in [0.5, 0.6) is 0 Å². The van der Waals surface area contributed by atoms with E-state index in [1.165, 1.54) is 0 Å². The highest BCUT2D eigenvalue weighted by molar-refractivity contribution is 6.30. The number of amides is 1. The Morgan fingerprint density at radius 2 is 1.83 bits per heavy atom. The van der Waals surface area contributed by atoms with Gasteiger partial charge in [0.2, 0.25) is 0 Å². The molecule has 30 heavy (non-hydrogen) atoms. The molecule has 0 unspecified atom stereocenters. The average Bonchev–Trinajstić information content (AvgIpc) is 3.11. The van der Waals surface area contributed by atoms with Gasteiger partial charge in [-0.1, -0.05) is 11.6 Å². The molecule has 0 spiro atoms. The van der Waals surface area contributed by atoms with E-state index in [4.69, 9.17) is 11.6 Å². The molecular weight excluding hydrogens is 400 g/mol. The largest absolute Gasteiger partial charge is 0.320 e. The maximum absolute atomic E-state index is 12.8. The average molecular weight is 423 g/mol. The Hall–Kier alpha value is -2.99. The molecule has 1 saturated carbocycles. The molecule has 0 atom stereocenters. The minimum Gasteiger partial charge on any atom is -0.320 e. The van der Waals surface area contributed by atoms with Gasteiger partial charge in [0.1, 0.15) is 5.78 Å². The summed E-state index contributed by atoms with van der Waals surface area (Å²) in [6.45, 7) is 3.85. The van der Waals surface area contributed by atoms with Crippen molar-refractivity contribution in [3.63, 3.8) is 0 Å². The molecule has 2 heterocycles. The molecule has 0 bridgehead atoms. The third-order valence-corrected chi connectivity index (χ3v) is 5.88. The van der Waals surface area contributed by atoms with Crippen LogP contribution < -0.4 is 5.32 Å². The molecule has 1 aromatic carbocycles. The van der Waals surface area contributed by atoms with Gasteiger partial charge in [0.25, 0.3) is 5.91 Å². The van der Waals surface area contributed by atoms with Crippen molar-refractivity contribution in [2.24, 2.45) is 0 Å². The van der Waals surface area contributed by atoms with E-state index in [1.54, 1.807) is 29.2 Å². The van der Waals surface area contributed by atoms with Crippen LogP contribution in [-0.4, -0.2) is 26.5 Å². The summed E-state index contributed by atoms with van der Waals surface area (Å²) >= 11 is 5.95. The zero-order valence-corrected chi connectivity index (χ0v) is 17.7. The van der Waals surface area contributed by atoms with E-state index in [0.29, 0.717) is 40.8 Å². The van der Waals surface area contributed by atoms with Crippen molar-refractivity contribution >= 4 is 29.0 Å². The van der Waals surface area contributed by atoms with E-state index in [0.717, 1.165) is 35.5 Å². The SMILES string of the molecule is Cc1cc(NC(=O)c2cnn(-c3ccc(Cl)cc3)c2C)cnc1C1CCC(=O)CC1. The number of hydrogen-bond donors (Lipinski definition) is 1. The van der Waals surface area contributed by atoms with Crippen LogP contribution in [0.2, 0.25) is 5.02 Å². The minimum atomic E-state index is -0.232. The zero-order chi connectivity index (χ0) is 21.3. The Balaban J connectivity index is 1.50. The first-order chi connectivity index (χ1) is 14.4. The predicted octanol–water partition coefficient (Wildman–Crippen LogP) is 5.02. The van der Waals surface area contributed by atoms with Gasteiger partial charge >= 0.3 is 0 Å². The van der Waals surface area contributed by atoms with Gasteiger partial charge in [-0.25, -0.2) is 4.68 Å². The molecule has 1 fully saturated rings. The molecule has 3 aromatic rings. The van der Waals surface area contributed by atoms with Crippen molar-refractivity contribution in [2.75, 3.05) is 5.32 Å². The molecule has 0 saturated heterocycles. The van der Waals surface area contributed by atoms with E-state index >= 15 is 0 Å². The third kappa shape index (κ3) is 4.14. The molecule has 7 heteroatoms. The molecule has 4 rings (SSSR count). The molecule has 1 aliphatic carbocycles. The number of anilines is 1. The summed E-state index contributed by atoms with van der Waals surface area (Å²) in [6.07, 6.45) is 6.20. The van der Waals surface area contributed by atoms with Crippen LogP contribution in [0, 0.1) is 13.8 Å². The maximum Gasteiger partial charge on any atom is 0.259 e. The number of carbonyl (C=O) groups is 2. The van der Waals surface area contributed by atoms with Gasteiger partial charge in [0.05, 0.1) is 35.0 Å². The Morgan fingerprint density at radius 1 is 1.13 bits per heavy atom. The highest BCUT2D eigenvalue weighted by Gasteiger charge is 2.23. The van der Waals surface area contributed by atoms with Crippen molar-refractivity contribution in [1.82, 2.24) is 14.8 Å². The summed E-state index contributed by atoms with van der Waals surface area (Å²) in [6, 6.07) is 9.23. The molecule has 1 N–H and O–H groups in total. The van der Waals surface area contributed by atoms with Crippen molar-refractivity contribution in [2.45, 2.75) is 45.4 Å². The van der Waals surface area contributed by atoms with Crippen molar-refractivity contribution in [3.8, 4) is 5.69 Å². The lowest BCUT2D eigenvalue weighted by Crippen LogP contribution is -2.16. The van der Waals surface area contributed by atoms with Gasteiger partial charge in [0.15, 0.2) is 0 Å². The number of nitrogens with zero attached hydrogens (tertiary/aromatic N) is 3. The topological polar surface area (TPSA) is 76.9 Å². The number of ketones is 1. The Labute approximate surface area is 180 Å². The lowest BCUT2D eigenvalue weighted by molar-refractivity contribution is -0.120. The molecule has 154 valence electrons. The lowest BCUT2D eigenvalue weighted by atomic mass is 9.84. The second-order valence-corrected chi connectivity index (χ2v) is 8.16. The van der Waals surface area contributed by atoms with E-state index in [1.807, 2.05) is 32.0 Å². The number of nitrogens with one attached hydrogen (secondary N) is 1. The Bertz CT molecular complexity index is 1090. The van der Waals surface area contributed by atoms with E-state index in [9.17, 15) is 9.59 Å². The van der Waals surface area contributed by atoms with Gasteiger partial charge in [-0.15, -0.1) is 0 Å². The first-order valence-corrected chi connectivity index (χ1v) is 10.4. The van der Waals surface area contributed by atoms with Crippen molar-refractivity contribution in [3.05, 3.63) is 70.3 Å². The minimum absolute atomic E-state index is 0.232. The molecule has 1 aliphatic rings. The number of carbonyl (C=O) groups excluding carboxylic acids is 2. The number of halogens is 1. The monoisotopic (exact) mass is 422 g/mol. The molecular formula is C23H23ClN4O2. The Morgan fingerprint density at radius 3 is 2.50 bits per heavy atom. The standard InChI is InChI=1S/C23H23ClN4O2/c1-14-11-18(12-25-22(14)16-3-9-20(29)10-4-16)27-23(30)21-13-26-28(15(21)2)19-7-5-17(24)6-8-19/h5-8,11-13,16H,3-4,9-10H2,1-2H3,(H,27,30). The highest BCUT2D eigenvalue weighted by Crippen LogP contribution is 2.32. The van der Waals surface area contributed by atoms with Crippen LogP contribution in [0.4, 0.5) is 5.69 Å². The summed E-state index contributed by atoms with van der Waals surface area (Å²) in [5.74, 6) is 0.416. The first-order valence-electron chi connectivity index (χ1n) is 10.0. The van der Waals surface area contributed by atoms with Crippen LogP contribution in [0.1, 0.15) is 58.9 Å². The fourth-order valence-electron chi connectivity index (χ4n) is 3.97. The molecule has 2 aromatic heterocycles. The van der Waals surface area contributed by atoms with Crippen LogP contribution in [0.3, 0.4) is 0 Å². The lowest BCUT2D eigenvalue weighted by Gasteiger charge is -2.22. The van der Waals surface area contributed by atoms with Gasteiger partial charge in [-0.3, -0.25) is 14.6 Å². The van der Waals surface area contributed by atoms with E-state index in [2.05, 4.69) is 15.4 Å². The fraction of sp³-hybridized carbons (Fsp3) is 0.304. The summed E-state index contributed by atoms with van der Waals surface area (Å²) < 4.78 is 1.71. The van der Waals surface area contributed by atoms with Crippen molar-refractivity contribution < 1.29 is 9.59 Å². The van der Waals surface area contributed by atoms with Gasteiger partial charge < -0.3 is 5.32 Å². The fourth-order valence-corrected chi connectivity index (χ4v) is 4.09. The van der Waals surface area contributed by atoms with Crippen LogP contribution in [-0.2, 0) is 4.79 Å². The molecule has 0 radical (unpaired) electrons. The summed E-state index contributed by atoms with van der Waals surface area (Å²) in [7, 11) is 0. The molecule has 6 nitrogen and oxygen atoms in total. The smallest absolute Gasteiger partial charge is 0.259 e. The maximum atomic E-state index is 12.8. The number of rotatable bonds is 4. The summed E-state index contributed by atoms with van der Waals surface area (Å²) in [5.41, 5.74) is 4.77. The van der Waals surface area contributed by atoms with Crippen LogP contribution >= 0.6 is 11.6 Å². The van der Waals surface area contributed by atoms with E-state index < -0.39 is 0 Å². The third-order valence-electron chi connectivity index (χ3n) is 5.63.